The Morgan fingerprint density at radius 3 is 3.12 bits per heavy atom. The molecule has 17 heavy (non-hydrogen) atoms. The van der Waals surface area contributed by atoms with Gasteiger partial charge in [0, 0.05) is 11.9 Å². The second-order valence-electron chi connectivity index (χ2n) is 3.56. The van der Waals surface area contributed by atoms with Gasteiger partial charge in [0.1, 0.15) is 0 Å². The standard InChI is InChI=1S/C11H14N4OS/c1-3-4-12-6-11-14-10(15-16-11)5-9-7-17-8(2)13-9/h3,7,12H,1,4-6H2,2H3. The van der Waals surface area contributed by atoms with Crippen LogP contribution < -0.4 is 5.32 Å². The summed E-state index contributed by atoms with van der Waals surface area (Å²) in [6.07, 6.45) is 2.41. The van der Waals surface area contributed by atoms with Gasteiger partial charge in [-0.25, -0.2) is 4.98 Å². The van der Waals surface area contributed by atoms with E-state index in [1.165, 1.54) is 0 Å². The van der Waals surface area contributed by atoms with Crippen molar-refractivity contribution < 1.29 is 4.52 Å². The molecule has 0 fully saturated rings. The summed E-state index contributed by atoms with van der Waals surface area (Å²) in [4.78, 5) is 8.64. The number of nitrogens with zero attached hydrogens (tertiary/aromatic N) is 3. The average Bonchev–Trinajstić information content (AvgIpc) is 2.90. The Morgan fingerprint density at radius 1 is 1.53 bits per heavy atom. The molecule has 2 aromatic heterocycles. The normalized spacial score (nSPS) is 10.6. The van der Waals surface area contributed by atoms with Crippen molar-refractivity contribution in [3.05, 3.63) is 40.5 Å². The zero-order chi connectivity index (χ0) is 12.1. The molecule has 90 valence electrons. The quantitative estimate of drug-likeness (QED) is 0.624. The molecule has 0 spiro atoms. The molecule has 0 aliphatic heterocycles. The van der Waals surface area contributed by atoms with Gasteiger partial charge in [0.15, 0.2) is 5.82 Å². The highest BCUT2D eigenvalue weighted by Crippen LogP contribution is 2.11. The molecule has 0 aliphatic rings. The third kappa shape index (κ3) is 3.47. The maximum atomic E-state index is 5.11. The number of hydrogen-bond donors (Lipinski definition) is 1. The van der Waals surface area contributed by atoms with E-state index in [2.05, 4.69) is 27.0 Å². The summed E-state index contributed by atoms with van der Waals surface area (Å²) in [5.74, 6) is 1.26. The Kier molecular flexibility index (Phi) is 4.00. The van der Waals surface area contributed by atoms with Crippen LogP contribution in [0.2, 0.25) is 0 Å². The monoisotopic (exact) mass is 250 g/mol. The molecule has 0 unspecified atom stereocenters. The third-order valence-electron chi connectivity index (χ3n) is 2.08. The average molecular weight is 250 g/mol. The summed E-state index contributed by atoms with van der Waals surface area (Å²) in [5.41, 5.74) is 0.985. The summed E-state index contributed by atoms with van der Waals surface area (Å²) < 4.78 is 5.11. The molecule has 6 heteroatoms. The van der Waals surface area contributed by atoms with Gasteiger partial charge in [-0.1, -0.05) is 11.2 Å². The van der Waals surface area contributed by atoms with E-state index in [1.807, 2.05) is 12.3 Å². The highest BCUT2D eigenvalue weighted by molar-refractivity contribution is 7.09. The lowest BCUT2D eigenvalue weighted by molar-refractivity contribution is 0.366. The van der Waals surface area contributed by atoms with Gasteiger partial charge in [0.2, 0.25) is 5.89 Å². The van der Waals surface area contributed by atoms with Crippen LogP contribution in [0.1, 0.15) is 22.4 Å². The van der Waals surface area contributed by atoms with E-state index in [-0.39, 0.29) is 0 Å². The zero-order valence-corrected chi connectivity index (χ0v) is 10.5. The maximum Gasteiger partial charge on any atom is 0.240 e. The molecule has 0 aromatic carbocycles. The summed E-state index contributed by atoms with van der Waals surface area (Å²) >= 11 is 1.63. The van der Waals surface area contributed by atoms with Crippen molar-refractivity contribution in [2.24, 2.45) is 0 Å². The minimum Gasteiger partial charge on any atom is -0.338 e. The first-order chi connectivity index (χ1) is 8.28. The van der Waals surface area contributed by atoms with Crippen LogP contribution in [-0.4, -0.2) is 21.7 Å². The van der Waals surface area contributed by atoms with E-state index in [0.29, 0.717) is 24.7 Å². The van der Waals surface area contributed by atoms with Crippen LogP contribution in [0, 0.1) is 6.92 Å². The van der Waals surface area contributed by atoms with Crippen LogP contribution >= 0.6 is 11.3 Å². The fraction of sp³-hybridized carbons (Fsp3) is 0.364. The van der Waals surface area contributed by atoms with Crippen LogP contribution in [0.15, 0.2) is 22.6 Å². The van der Waals surface area contributed by atoms with Crippen LogP contribution in [0.25, 0.3) is 0 Å². The van der Waals surface area contributed by atoms with E-state index in [0.717, 1.165) is 17.2 Å². The molecule has 0 saturated heterocycles. The van der Waals surface area contributed by atoms with Gasteiger partial charge < -0.3 is 9.84 Å². The van der Waals surface area contributed by atoms with Crippen molar-refractivity contribution >= 4 is 11.3 Å². The highest BCUT2D eigenvalue weighted by Gasteiger charge is 2.08. The Labute approximate surface area is 104 Å². The Bertz CT molecular complexity index is 491. The van der Waals surface area contributed by atoms with E-state index < -0.39 is 0 Å². The number of rotatable bonds is 6. The zero-order valence-electron chi connectivity index (χ0n) is 9.64. The first-order valence-corrected chi connectivity index (χ1v) is 6.20. The number of hydrogen-bond acceptors (Lipinski definition) is 6. The first-order valence-electron chi connectivity index (χ1n) is 5.32. The third-order valence-corrected chi connectivity index (χ3v) is 2.90. The molecule has 2 rings (SSSR count). The van der Waals surface area contributed by atoms with Crippen LogP contribution in [-0.2, 0) is 13.0 Å². The van der Waals surface area contributed by atoms with Gasteiger partial charge in [-0.2, -0.15) is 4.98 Å². The van der Waals surface area contributed by atoms with Crippen molar-refractivity contribution in [2.75, 3.05) is 6.54 Å². The minimum atomic E-state index is 0.565. The maximum absolute atomic E-state index is 5.11. The van der Waals surface area contributed by atoms with E-state index in [9.17, 15) is 0 Å². The molecular formula is C11H14N4OS. The number of aryl methyl sites for hydroxylation is 1. The van der Waals surface area contributed by atoms with E-state index >= 15 is 0 Å². The van der Waals surface area contributed by atoms with E-state index in [1.54, 1.807) is 17.4 Å². The topological polar surface area (TPSA) is 63.8 Å². The van der Waals surface area contributed by atoms with Gasteiger partial charge in [0.25, 0.3) is 0 Å². The minimum absolute atomic E-state index is 0.565. The predicted octanol–water partition coefficient (Wildman–Crippen LogP) is 1.70. The molecule has 5 nitrogen and oxygen atoms in total. The summed E-state index contributed by atoms with van der Waals surface area (Å²) in [5, 5.41) is 10.1. The molecular weight excluding hydrogens is 236 g/mol. The Balaban J connectivity index is 1.91. The van der Waals surface area contributed by atoms with Crippen LogP contribution in [0.4, 0.5) is 0 Å². The molecule has 2 heterocycles. The summed E-state index contributed by atoms with van der Waals surface area (Å²) in [6.45, 7) is 6.89. The summed E-state index contributed by atoms with van der Waals surface area (Å²) in [7, 11) is 0. The SMILES string of the molecule is C=CCNCc1nc(Cc2csc(C)n2)no1. The highest BCUT2D eigenvalue weighted by atomic mass is 32.1. The second kappa shape index (κ2) is 5.70. The van der Waals surface area contributed by atoms with Crippen molar-refractivity contribution in [2.45, 2.75) is 19.9 Å². The predicted molar refractivity (Wildman–Crippen MR) is 65.9 cm³/mol. The van der Waals surface area contributed by atoms with Gasteiger partial charge >= 0.3 is 0 Å². The van der Waals surface area contributed by atoms with Crippen LogP contribution in [0.5, 0.6) is 0 Å². The Morgan fingerprint density at radius 2 is 2.41 bits per heavy atom. The van der Waals surface area contributed by atoms with Crippen molar-refractivity contribution in [3.63, 3.8) is 0 Å². The van der Waals surface area contributed by atoms with Gasteiger partial charge in [-0.15, -0.1) is 17.9 Å². The van der Waals surface area contributed by atoms with Gasteiger partial charge in [-0.3, -0.25) is 0 Å². The lowest BCUT2D eigenvalue weighted by Crippen LogP contribution is -2.12. The van der Waals surface area contributed by atoms with Crippen molar-refractivity contribution in [3.8, 4) is 0 Å². The fourth-order valence-corrected chi connectivity index (χ4v) is 1.98. The smallest absolute Gasteiger partial charge is 0.240 e. The lowest BCUT2D eigenvalue weighted by Gasteiger charge is -1.93. The Hall–Kier alpha value is -1.53. The lowest BCUT2D eigenvalue weighted by atomic mass is 10.3. The largest absolute Gasteiger partial charge is 0.338 e. The molecule has 0 atom stereocenters. The molecule has 0 radical (unpaired) electrons. The fourth-order valence-electron chi connectivity index (χ4n) is 1.37. The first kappa shape index (κ1) is 11.9. The molecule has 0 aliphatic carbocycles. The van der Waals surface area contributed by atoms with E-state index in [4.69, 9.17) is 4.52 Å². The van der Waals surface area contributed by atoms with Gasteiger partial charge in [-0.05, 0) is 6.92 Å². The van der Waals surface area contributed by atoms with Gasteiger partial charge in [0.05, 0.1) is 23.7 Å². The molecule has 2 aromatic rings. The number of nitrogens with one attached hydrogen (secondary N) is 1. The second-order valence-corrected chi connectivity index (χ2v) is 4.62. The molecule has 0 saturated carbocycles. The van der Waals surface area contributed by atoms with Crippen LogP contribution in [0.3, 0.4) is 0 Å². The molecule has 1 N–H and O–H groups in total. The molecule has 0 bridgehead atoms. The van der Waals surface area contributed by atoms with Crippen molar-refractivity contribution in [1.29, 1.82) is 0 Å². The molecule has 0 amide bonds. The summed E-state index contributed by atoms with van der Waals surface area (Å²) in [6, 6.07) is 0. The number of aromatic nitrogens is 3. The number of thiazole rings is 1. The van der Waals surface area contributed by atoms with Crippen molar-refractivity contribution in [1.82, 2.24) is 20.4 Å².